The number of nitrogens with zero attached hydrogens (tertiary/aromatic N) is 1. The van der Waals surface area contributed by atoms with E-state index in [4.69, 9.17) is 5.73 Å². The molecule has 0 aromatic carbocycles. The summed E-state index contributed by atoms with van der Waals surface area (Å²) in [6, 6.07) is -2.67. The Morgan fingerprint density at radius 2 is 1.62 bits per heavy atom. The molecule has 5 nitrogen and oxygen atoms in total. The number of amides is 2. The lowest BCUT2D eigenvalue weighted by atomic mass is 9.99. The van der Waals surface area contributed by atoms with Crippen molar-refractivity contribution in [3.63, 3.8) is 0 Å². The van der Waals surface area contributed by atoms with Gasteiger partial charge in [-0.05, 0) is 25.2 Å². The maximum Gasteiger partial charge on any atom is 0.391 e. The quantitative estimate of drug-likeness (QED) is 0.611. The van der Waals surface area contributed by atoms with Gasteiger partial charge < -0.3 is 16.0 Å². The Bertz CT molecular complexity index is 453. The first-order valence-corrected chi connectivity index (χ1v) is 9.24. The van der Waals surface area contributed by atoms with E-state index in [0.29, 0.717) is 13.0 Å². The van der Waals surface area contributed by atoms with Crippen LogP contribution in [-0.2, 0) is 9.59 Å². The minimum atomic E-state index is -4.37. The first-order valence-electron chi connectivity index (χ1n) is 9.24. The molecule has 0 rings (SSSR count). The molecule has 154 valence electrons. The Hall–Kier alpha value is -1.31. The van der Waals surface area contributed by atoms with Crippen LogP contribution in [0.3, 0.4) is 0 Å². The van der Waals surface area contributed by atoms with E-state index in [1.807, 2.05) is 20.8 Å². The number of halogens is 3. The van der Waals surface area contributed by atoms with Crippen LogP contribution in [0, 0.1) is 11.8 Å². The molecular weight excluding hydrogens is 347 g/mol. The summed E-state index contributed by atoms with van der Waals surface area (Å²) in [4.78, 5) is 26.5. The number of nitrogens with one attached hydrogen (secondary N) is 1. The van der Waals surface area contributed by atoms with Crippen molar-refractivity contribution in [1.82, 2.24) is 10.2 Å². The van der Waals surface area contributed by atoms with Crippen molar-refractivity contribution in [2.75, 3.05) is 6.54 Å². The molecule has 0 saturated carbocycles. The van der Waals surface area contributed by atoms with E-state index in [-0.39, 0.29) is 17.7 Å². The van der Waals surface area contributed by atoms with Crippen LogP contribution < -0.4 is 11.1 Å². The highest BCUT2D eigenvalue weighted by Gasteiger charge is 2.36. The summed E-state index contributed by atoms with van der Waals surface area (Å²) in [6.07, 6.45) is -3.97. The van der Waals surface area contributed by atoms with Crippen LogP contribution in [0.15, 0.2) is 0 Å². The number of hydrogen-bond acceptors (Lipinski definition) is 3. The smallest absolute Gasteiger partial charge is 0.351 e. The topological polar surface area (TPSA) is 75.4 Å². The zero-order valence-electron chi connectivity index (χ0n) is 16.7. The van der Waals surface area contributed by atoms with Gasteiger partial charge in [-0.25, -0.2) is 0 Å². The monoisotopic (exact) mass is 381 g/mol. The Balaban J connectivity index is 5.25. The average Bonchev–Trinajstić information content (AvgIpc) is 2.51. The Morgan fingerprint density at radius 3 is 2.00 bits per heavy atom. The van der Waals surface area contributed by atoms with Gasteiger partial charge in [-0.1, -0.05) is 41.0 Å². The van der Waals surface area contributed by atoms with Crippen molar-refractivity contribution in [3.8, 4) is 0 Å². The van der Waals surface area contributed by atoms with Gasteiger partial charge in [0.15, 0.2) is 0 Å². The zero-order valence-corrected chi connectivity index (χ0v) is 16.7. The van der Waals surface area contributed by atoms with E-state index in [0.717, 1.165) is 6.42 Å². The van der Waals surface area contributed by atoms with Crippen LogP contribution in [0.1, 0.15) is 60.8 Å². The number of unbranched alkanes of at least 4 members (excludes halogenated alkanes) is 1. The predicted octanol–water partition coefficient (Wildman–Crippen LogP) is 3.08. The first kappa shape index (κ1) is 24.7. The highest BCUT2D eigenvalue weighted by atomic mass is 19.4. The SMILES string of the molecule is CCCCN(C(=O)C(N)C(C)C)C(C)C(=O)N[C@H](CC(F)(F)F)C(C)C. The molecule has 0 heterocycles. The number of rotatable bonds is 10. The summed E-state index contributed by atoms with van der Waals surface area (Å²) in [6.45, 7) is 10.7. The molecule has 0 radical (unpaired) electrons. The molecule has 2 unspecified atom stereocenters. The van der Waals surface area contributed by atoms with Gasteiger partial charge in [0.2, 0.25) is 11.8 Å². The summed E-state index contributed by atoms with van der Waals surface area (Å²) in [5.74, 6) is -1.43. The Morgan fingerprint density at radius 1 is 1.08 bits per heavy atom. The summed E-state index contributed by atoms with van der Waals surface area (Å²) >= 11 is 0. The summed E-state index contributed by atoms with van der Waals surface area (Å²) in [5, 5.41) is 2.46. The molecule has 0 aromatic heterocycles. The highest BCUT2D eigenvalue weighted by Crippen LogP contribution is 2.24. The standard InChI is InChI=1S/C18H34F3N3O2/c1-7-8-9-24(17(26)15(22)12(4)5)13(6)16(25)23-14(11(2)3)10-18(19,20)21/h11-15H,7-10,22H2,1-6H3,(H,23,25)/t13?,14-,15?/m1/s1. The van der Waals surface area contributed by atoms with E-state index in [9.17, 15) is 22.8 Å². The van der Waals surface area contributed by atoms with Crippen molar-refractivity contribution >= 4 is 11.8 Å². The van der Waals surface area contributed by atoms with Gasteiger partial charge in [-0.2, -0.15) is 13.2 Å². The van der Waals surface area contributed by atoms with Gasteiger partial charge in [0.05, 0.1) is 12.5 Å². The second-order valence-electron chi connectivity index (χ2n) is 7.51. The van der Waals surface area contributed by atoms with Crippen molar-refractivity contribution < 1.29 is 22.8 Å². The average molecular weight is 381 g/mol. The largest absolute Gasteiger partial charge is 0.391 e. The van der Waals surface area contributed by atoms with Gasteiger partial charge in [0, 0.05) is 12.6 Å². The van der Waals surface area contributed by atoms with E-state index >= 15 is 0 Å². The summed E-state index contributed by atoms with van der Waals surface area (Å²) < 4.78 is 38.2. The number of nitrogens with two attached hydrogens (primary N) is 1. The predicted molar refractivity (Wildman–Crippen MR) is 96.3 cm³/mol. The fourth-order valence-electron chi connectivity index (χ4n) is 2.45. The summed E-state index contributed by atoms with van der Waals surface area (Å²) in [7, 11) is 0. The van der Waals surface area contributed by atoms with Crippen LogP contribution in [-0.4, -0.2) is 47.6 Å². The second kappa shape index (κ2) is 10.7. The molecule has 0 aliphatic rings. The molecular formula is C18H34F3N3O2. The van der Waals surface area contributed by atoms with Gasteiger partial charge in [0.1, 0.15) is 6.04 Å². The van der Waals surface area contributed by atoms with Gasteiger partial charge >= 0.3 is 6.18 Å². The van der Waals surface area contributed by atoms with Crippen LogP contribution in [0.5, 0.6) is 0 Å². The van der Waals surface area contributed by atoms with Crippen molar-refractivity contribution in [1.29, 1.82) is 0 Å². The van der Waals surface area contributed by atoms with Crippen LogP contribution in [0.25, 0.3) is 0 Å². The third kappa shape index (κ3) is 8.38. The third-order valence-corrected chi connectivity index (χ3v) is 4.47. The fraction of sp³-hybridized carbons (Fsp3) is 0.889. The van der Waals surface area contributed by atoms with E-state index in [1.54, 1.807) is 13.8 Å². The molecule has 0 aromatic rings. The lowest BCUT2D eigenvalue weighted by Crippen LogP contribution is -2.56. The molecule has 0 saturated heterocycles. The molecule has 0 spiro atoms. The molecule has 26 heavy (non-hydrogen) atoms. The normalized spacial score (nSPS) is 15.7. The van der Waals surface area contributed by atoms with E-state index in [2.05, 4.69) is 5.32 Å². The summed E-state index contributed by atoms with van der Waals surface area (Å²) in [5.41, 5.74) is 5.93. The minimum Gasteiger partial charge on any atom is -0.351 e. The van der Waals surface area contributed by atoms with Crippen molar-refractivity contribution in [2.45, 2.75) is 85.1 Å². The second-order valence-corrected chi connectivity index (χ2v) is 7.51. The van der Waals surface area contributed by atoms with Gasteiger partial charge in [0.25, 0.3) is 0 Å². The van der Waals surface area contributed by atoms with E-state index in [1.165, 1.54) is 11.8 Å². The highest BCUT2D eigenvalue weighted by molar-refractivity contribution is 5.89. The van der Waals surface area contributed by atoms with Crippen LogP contribution in [0.4, 0.5) is 13.2 Å². The fourth-order valence-corrected chi connectivity index (χ4v) is 2.45. The Kier molecular flexibility index (Phi) is 10.2. The number of alkyl halides is 3. The minimum absolute atomic E-state index is 0.101. The third-order valence-electron chi connectivity index (χ3n) is 4.47. The van der Waals surface area contributed by atoms with Gasteiger partial charge in [-0.3, -0.25) is 9.59 Å². The van der Waals surface area contributed by atoms with Crippen molar-refractivity contribution in [3.05, 3.63) is 0 Å². The lowest BCUT2D eigenvalue weighted by molar-refractivity contribution is -0.148. The maximum absolute atomic E-state index is 12.7. The van der Waals surface area contributed by atoms with Crippen LogP contribution in [0.2, 0.25) is 0 Å². The molecule has 0 aliphatic heterocycles. The molecule has 3 N–H and O–H groups in total. The number of hydrogen-bond donors (Lipinski definition) is 2. The molecule has 0 bridgehead atoms. The Labute approximate surface area is 154 Å². The van der Waals surface area contributed by atoms with Crippen molar-refractivity contribution in [2.24, 2.45) is 17.6 Å². The zero-order chi connectivity index (χ0) is 20.7. The maximum atomic E-state index is 12.7. The molecule has 3 atom stereocenters. The molecule has 2 amide bonds. The van der Waals surface area contributed by atoms with E-state index < -0.39 is 36.6 Å². The number of carbonyl (C=O) groups is 2. The molecule has 0 aliphatic carbocycles. The van der Waals surface area contributed by atoms with Gasteiger partial charge in [-0.15, -0.1) is 0 Å². The molecule has 0 fully saturated rings. The first-order chi connectivity index (χ1) is 11.8. The molecule has 8 heteroatoms. The lowest BCUT2D eigenvalue weighted by Gasteiger charge is -2.33. The number of carbonyl (C=O) groups excluding carboxylic acids is 2. The van der Waals surface area contributed by atoms with Crippen LogP contribution >= 0.6 is 0 Å².